The van der Waals surface area contributed by atoms with Crippen LogP contribution in [-0.2, 0) is 26.4 Å². The van der Waals surface area contributed by atoms with Gasteiger partial charge in [-0.25, -0.2) is 0 Å². The highest BCUT2D eigenvalue weighted by atomic mass is 32.1. The molecule has 1 fully saturated rings. The maximum Gasteiger partial charge on any atom is 0.254 e. The van der Waals surface area contributed by atoms with Gasteiger partial charge in [0.15, 0.2) is 0 Å². The average molecular weight is 388 g/mol. The van der Waals surface area contributed by atoms with Crippen LogP contribution in [-0.4, -0.2) is 57.7 Å². The highest BCUT2D eigenvalue weighted by molar-refractivity contribution is 7.10. The van der Waals surface area contributed by atoms with Crippen molar-refractivity contribution < 1.29 is 4.79 Å². The lowest BCUT2D eigenvalue weighted by atomic mass is 9.93. The minimum atomic E-state index is 0.235. The Hall–Kier alpha value is -1.73. The van der Waals surface area contributed by atoms with Gasteiger partial charge in [-0.3, -0.25) is 4.79 Å². The fourth-order valence-electron chi connectivity index (χ4n) is 4.34. The van der Waals surface area contributed by atoms with E-state index in [0.717, 1.165) is 62.5 Å². The molecule has 2 aromatic rings. The zero-order chi connectivity index (χ0) is 19.0. The van der Waals surface area contributed by atoms with Gasteiger partial charge in [0.1, 0.15) is 11.6 Å². The van der Waals surface area contributed by atoms with Crippen LogP contribution in [0.15, 0.2) is 5.38 Å². The number of piperidine rings is 1. The number of hydrogen-bond donors (Lipinski definition) is 0. The number of aryl methyl sites for hydroxylation is 1. The van der Waals surface area contributed by atoms with E-state index in [2.05, 4.69) is 32.1 Å². The van der Waals surface area contributed by atoms with Crippen LogP contribution in [0.1, 0.15) is 64.0 Å². The number of aromatic nitrogens is 3. The van der Waals surface area contributed by atoms with E-state index < -0.39 is 0 Å². The van der Waals surface area contributed by atoms with Crippen molar-refractivity contribution in [2.75, 3.05) is 27.2 Å². The van der Waals surface area contributed by atoms with Crippen LogP contribution >= 0.6 is 11.3 Å². The van der Waals surface area contributed by atoms with Crippen LogP contribution in [0.4, 0.5) is 0 Å². The molecule has 1 aliphatic heterocycles. The first-order chi connectivity index (χ1) is 13.0. The number of carbonyl (C=O) groups excluding carboxylic acids is 1. The summed E-state index contributed by atoms with van der Waals surface area (Å²) in [6.45, 7) is 2.41. The smallest absolute Gasteiger partial charge is 0.254 e. The molecule has 0 unspecified atom stereocenters. The molecular formula is C20H29N5OS. The van der Waals surface area contributed by atoms with Crippen LogP contribution < -0.4 is 0 Å². The molecule has 0 N–H and O–H groups in total. The minimum absolute atomic E-state index is 0.235. The van der Waals surface area contributed by atoms with E-state index in [1.807, 2.05) is 19.0 Å². The van der Waals surface area contributed by atoms with Gasteiger partial charge >= 0.3 is 0 Å². The van der Waals surface area contributed by atoms with Crippen LogP contribution in [0.5, 0.6) is 0 Å². The molecule has 0 radical (unpaired) electrons. The molecule has 0 spiro atoms. The molecule has 27 heavy (non-hydrogen) atoms. The molecule has 1 amide bonds. The summed E-state index contributed by atoms with van der Waals surface area (Å²) >= 11 is 1.78. The summed E-state index contributed by atoms with van der Waals surface area (Å²) in [4.78, 5) is 18.7. The van der Waals surface area contributed by atoms with E-state index in [0.29, 0.717) is 5.92 Å². The molecule has 7 heteroatoms. The lowest BCUT2D eigenvalue weighted by Crippen LogP contribution is -2.38. The molecule has 4 rings (SSSR count). The van der Waals surface area contributed by atoms with Gasteiger partial charge < -0.3 is 14.4 Å². The van der Waals surface area contributed by atoms with E-state index in [1.54, 1.807) is 11.3 Å². The van der Waals surface area contributed by atoms with Gasteiger partial charge in [-0.15, -0.1) is 21.5 Å². The Bertz CT molecular complexity index is 816. The number of thiophene rings is 1. The third kappa shape index (κ3) is 3.67. The van der Waals surface area contributed by atoms with Crippen LogP contribution in [0.25, 0.3) is 0 Å². The number of nitrogens with zero attached hydrogens (tertiary/aromatic N) is 5. The topological polar surface area (TPSA) is 54.3 Å². The molecule has 2 aliphatic rings. The monoisotopic (exact) mass is 387 g/mol. The molecule has 6 nitrogen and oxygen atoms in total. The van der Waals surface area contributed by atoms with Crippen molar-refractivity contribution in [3.63, 3.8) is 0 Å². The van der Waals surface area contributed by atoms with Gasteiger partial charge in [-0.2, -0.15) is 0 Å². The summed E-state index contributed by atoms with van der Waals surface area (Å²) in [6, 6.07) is 0. The fraction of sp³-hybridized carbons (Fsp3) is 0.650. The summed E-state index contributed by atoms with van der Waals surface area (Å²) in [5, 5.41) is 10.9. The Labute approximate surface area is 165 Å². The second-order valence-electron chi connectivity index (χ2n) is 8.10. The van der Waals surface area contributed by atoms with Gasteiger partial charge in [0.05, 0.1) is 12.1 Å². The standard InChI is InChI=1S/C20H29N5OS/c1-23(2)12-18-21-22-19(24(18)3)14-8-10-25(11-9-14)20(26)16-13-27-17-7-5-4-6-15(16)17/h13-14H,4-12H2,1-3H3. The zero-order valence-corrected chi connectivity index (χ0v) is 17.4. The third-order valence-corrected chi connectivity index (χ3v) is 6.98. The van der Waals surface area contributed by atoms with E-state index in [1.165, 1.54) is 23.3 Å². The average Bonchev–Trinajstić information content (AvgIpc) is 3.25. The van der Waals surface area contributed by atoms with Crippen LogP contribution in [0.2, 0.25) is 0 Å². The Morgan fingerprint density at radius 1 is 1.22 bits per heavy atom. The summed E-state index contributed by atoms with van der Waals surface area (Å²) in [6.07, 6.45) is 6.63. The number of fused-ring (bicyclic) bond motifs is 1. The first-order valence-corrected chi connectivity index (χ1v) is 10.8. The molecule has 0 bridgehead atoms. The van der Waals surface area contributed by atoms with Gasteiger partial charge in [0.2, 0.25) is 0 Å². The van der Waals surface area contributed by atoms with Gasteiger partial charge in [-0.1, -0.05) is 0 Å². The summed E-state index contributed by atoms with van der Waals surface area (Å²) in [5.41, 5.74) is 2.31. The number of amides is 1. The van der Waals surface area contributed by atoms with Gasteiger partial charge in [0, 0.05) is 36.3 Å². The summed E-state index contributed by atoms with van der Waals surface area (Å²) in [7, 11) is 6.15. The third-order valence-electron chi connectivity index (χ3n) is 5.90. The second kappa shape index (κ2) is 7.72. The molecule has 1 saturated heterocycles. The molecule has 3 heterocycles. The summed E-state index contributed by atoms with van der Waals surface area (Å²) < 4.78 is 2.14. The SMILES string of the molecule is CN(C)Cc1nnc(C2CCN(C(=O)c3csc4c3CCCC4)CC2)n1C. The minimum Gasteiger partial charge on any atom is -0.339 e. The highest BCUT2D eigenvalue weighted by Gasteiger charge is 2.30. The number of rotatable bonds is 4. The zero-order valence-electron chi connectivity index (χ0n) is 16.6. The Kier molecular flexibility index (Phi) is 5.32. The van der Waals surface area contributed by atoms with E-state index in [-0.39, 0.29) is 5.91 Å². The molecule has 0 aromatic carbocycles. The largest absolute Gasteiger partial charge is 0.339 e. The van der Waals surface area contributed by atoms with Gasteiger partial charge in [0.25, 0.3) is 5.91 Å². The molecule has 2 aromatic heterocycles. The Morgan fingerprint density at radius 3 is 2.70 bits per heavy atom. The molecule has 0 atom stereocenters. The number of hydrogen-bond acceptors (Lipinski definition) is 5. The Morgan fingerprint density at radius 2 is 1.96 bits per heavy atom. The quantitative estimate of drug-likeness (QED) is 0.810. The van der Waals surface area contributed by atoms with E-state index in [9.17, 15) is 4.79 Å². The van der Waals surface area contributed by atoms with Crippen molar-refractivity contribution in [3.8, 4) is 0 Å². The van der Waals surface area contributed by atoms with E-state index in [4.69, 9.17) is 0 Å². The lowest BCUT2D eigenvalue weighted by molar-refractivity contribution is 0.0709. The molecular weight excluding hydrogens is 358 g/mol. The van der Waals surface area contributed by atoms with Crippen molar-refractivity contribution >= 4 is 17.2 Å². The first-order valence-electron chi connectivity index (χ1n) is 9.96. The first kappa shape index (κ1) is 18.6. The second-order valence-corrected chi connectivity index (χ2v) is 9.06. The normalized spacial score (nSPS) is 18.1. The predicted molar refractivity (Wildman–Crippen MR) is 107 cm³/mol. The van der Waals surface area contributed by atoms with Crippen LogP contribution in [0, 0.1) is 0 Å². The van der Waals surface area contributed by atoms with Crippen LogP contribution in [0.3, 0.4) is 0 Å². The van der Waals surface area contributed by atoms with Crippen molar-refractivity contribution in [1.82, 2.24) is 24.6 Å². The molecule has 1 aliphatic carbocycles. The maximum atomic E-state index is 13.1. The van der Waals surface area contributed by atoms with Crippen molar-refractivity contribution in [1.29, 1.82) is 0 Å². The van der Waals surface area contributed by atoms with Gasteiger partial charge in [-0.05, 0) is 58.2 Å². The Balaban J connectivity index is 1.41. The van der Waals surface area contributed by atoms with Crippen molar-refractivity contribution in [2.45, 2.75) is 51.0 Å². The molecule has 146 valence electrons. The maximum absolute atomic E-state index is 13.1. The predicted octanol–water partition coefficient (Wildman–Crippen LogP) is 2.84. The molecule has 0 saturated carbocycles. The van der Waals surface area contributed by atoms with E-state index >= 15 is 0 Å². The van der Waals surface area contributed by atoms with Crippen molar-refractivity contribution in [3.05, 3.63) is 33.0 Å². The fourth-order valence-corrected chi connectivity index (χ4v) is 5.46. The number of carbonyl (C=O) groups is 1. The summed E-state index contributed by atoms with van der Waals surface area (Å²) in [5.74, 6) is 2.68. The lowest BCUT2D eigenvalue weighted by Gasteiger charge is -2.32. The highest BCUT2D eigenvalue weighted by Crippen LogP contribution is 2.33. The number of likely N-dealkylation sites (tertiary alicyclic amines) is 1. The van der Waals surface area contributed by atoms with Crippen molar-refractivity contribution in [2.24, 2.45) is 7.05 Å².